The molecular formula is C16H28N2O. The average molecular weight is 264 g/mol. The molecule has 3 nitrogen and oxygen atoms in total. The van der Waals surface area contributed by atoms with E-state index >= 15 is 0 Å². The lowest BCUT2D eigenvalue weighted by Crippen LogP contribution is -2.22. The Kier molecular flexibility index (Phi) is 6.89. The fourth-order valence-electron chi connectivity index (χ4n) is 1.97. The average Bonchev–Trinajstić information content (AvgIpc) is 2.37. The van der Waals surface area contributed by atoms with Gasteiger partial charge in [0, 0.05) is 32.9 Å². The number of aryl methyl sites for hydroxylation is 1. The van der Waals surface area contributed by atoms with Crippen LogP contribution in [0.2, 0.25) is 0 Å². The summed E-state index contributed by atoms with van der Waals surface area (Å²) >= 11 is 0. The van der Waals surface area contributed by atoms with E-state index in [0.29, 0.717) is 5.92 Å². The number of ether oxygens (including phenoxy) is 1. The van der Waals surface area contributed by atoms with E-state index in [1.54, 1.807) is 7.11 Å². The third kappa shape index (κ3) is 5.62. The predicted octanol–water partition coefficient (Wildman–Crippen LogP) is 2.82. The summed E-state index contributed by atoms with van der Waals surface area (Å²) in [5.74, 6) is 0.694. The van der Waals surface area contributed by atoms with Crippen molar-refractivity contribution in [3.63, 3.8) is 0 Å². The molecule has 1 rings (SSSR count). The zero-order valence-electron chi connectivity index (χ0n) is 13.0. The summed E-state index contributed by atoms with van der Waals surface area (Å²) in [6.07, 6.45) is 0. The molecule has 108 valence electrons. The van der Waals surface area contributed by atoms with Gasteiger partial charge in [-0.15, -0.1) is 0 Å². The molecule has 0 atom stereocenters. The van der Waals surface area contributed by atoms with Crippen LogP contribution in [0.15, 0.2) is 18.2 Å². The van der Waals surface area contributed by atoms with E-state index in [-0.39, 0.29) is 0 Å². The fraction of sp³-hybridized carbons (Fsp3) is 0.625. The summed E-state index contributed by atoms with van der Waals surface area (Å²) in [5.41, 5.74) is 3.98. The zero-order chi connectivity index (χ0) is 14.3. The number of benzene rings is 1. The number of anilines is 1. The third-order valence-corrected chi connectivity index (χ3v) is 3.27. The minimum Gasteiger partial charge on any atom is -0.383 e. The van der Waals surface area contributed by atoms with Crippen molar-refractivity contribution in [2.45, 2.75) is 27.3 Å². The Labute approximate surface area is 118 Å². The maximum atomic E-state index is 5.11. The van der Waals surface area contributed by atoms with Crippen LogP contribution in [0.3, 0.4) is 0 Å². The molecule has 0 aliphatic rings. The topological polar surface area (TPSA) is 24.5 Å². The molecular weight excluding hydrogens is 236 g/mol. The maximum Gasteiger partial charge on any atom is 0.0637 e. The Balaban J connectivity index is 2.58. The molecule has 0 saturated heterocycles. The van der Waals surface area contributed by atoms with Crippen molar-refractivity contribution >= 4 is 5.69 Å². The largest absolute Gasteiger partial charge is 0.383 e. The van der Waals surface area contributed by atoms with Crippen LogP contribution in [0.4, 0.5) is 5.69 Å². The molecule has 1 aromatic rings. The van der Waals surface area contributed by atoms with Crippen molar-refractivity contribution in [3.8, 4) is 0 Å². The summed E-state index contributed by atoms with van der Waals surface area (Å²) in [6.45, 7) is 10.3. The molecule has 0 aliphatic carbocycles. The molecule has 3 heteroatoms. The summed E-state index contributed by atoms with van der Waals surface area (Å²) < 4.78 is 5.11. The van der Waals surface area contributed by atoms with E-state index < -0.39 is 0 Å². The second-order valence-corrected chi connectivity index (χ2v) is 5.55. The lowest BCUT2D eigenvalue weighted by Gasteiger charge is -2.20. The lowest BCUT2D eigenvalue weighted by atomic mass is 10.1. The van der Waals surface area contributed by atoms with Crippen molar-refractivity contribution in [2.24, 2.45) is 5.92 Å². The van der Waals surface area contributed by atoms with Gasteiger partial charge in [-0.25, -0.2) is 0 Å². The minimum absolute atomic E-state index is 0.694. The number of methoxy groups -OCH3 is 1. The van der Waals surface area contributed by atoms with Crippen LogP contribution >= 0.6 is 0 Å². The third-order valence-electron chi connectivity index (χ3n) is 3.27. The van der Waals surface area contributed by atoms with Gasteiger partial charge in [-0.1, -0.05) is 19.9 Å². The molecule has 0 fully saturated rings. The highest BCUT2D eigenvalue weighted by Crippen LogP contribution is 2.18. The monoisotopic (exact) mass is 264 g/mol. The van der Waals surface area contributed by atoms with Crippen LogP contribution < -0.4 is 10.2 Å². The van der Waals surface area contributed by atoms with Gasteiger partial charge in [0.25, 0.3) is 0 Å². The number of hydrogen-bond donors (Lipinski definition) is 1. The zero-order valence-corrected chi connectivity index (χ0v) is 13.0. The van der Waals surface area contributed by atoms with E-state index in [0.717, 1.165) is 26.2 Å². The summed E-state index contributed by atoms with van der Waals surface area (Å²) in [4.78, 5) is 2.22. The number of hydrogen-bond acceptors (Lipinski definition) is 3. The van der Waals surface area contributed by atoms with E-state index in [2.05, 4.69) is 56.2 Å². The number of rotatable bonds is 8. The summed E-state index contributed by atoms with van der Waals surface area (Å²) in [6, 6.07) is 6.67. The molecule has 0 unspecified atom stereocenters. The van der Waals surface area contributed by atoms with Crippen molar-refractivity contribution in [3.05, 3.63) is 29.3 Å². The first kappa shape index (κ1) is 16.0. The van der Waals surface area contributed by atoms with Gasteiger partial charge in [0.1, 0.15) is 0 Å². The van der Waals surface area contributed by atoms with Gasteiger partial charge < -0.3 is 15.0 Å². The molecule has 0 heterocycles. The van der Waals surface area contributed by atoms with Crippen LogP contribution in [0, 0.1) is 12.8 Å². The van der Waals surface area contributed by atoms with Crippen LogP contribution in [-0.2, 0) is 11.3 Å². The van der Waals surface area contributed by atoms with E-state index in [9.17, 15) is 0 Å². The highest BCUT2D eigenvalue weighted by Gasteiger charge is 2.04. The van der Waals surface area contributed by atoms with Crippen molar-refractivity contribution in [1.82, 2.24) is 5.32 Å². The standard InChI is InChI=1S/C16H28N2O/c1-13(2)11-17-12-15-6-7-16(10-14(15)3)18(4)8-9-19-5/h6-7,10,13,17H,8-9,11-12H2,1-5H3. The second kappa shape index (κ2) is 8.18. The predicted molar refractivity (Wildman–Crippen MR) is 82.9 cm³/mol. The highest BCUT2D eigenvalue weighted by molar-refractivity contribution is 5.50. The van der Waals surface area contributed by atoms with E-state index in [1.807, 2.05) is 0 Å². The van der Waals surface area contributed by atoms with Gasteiger partial charge in [-0.3, -0.25) is 0 Å². The molecule has 0 amide bonds. The normalized spacial score (nSPS) is 11.1. The van der Waals surface area contributed by atoms with Crippen molar-refractivity contribution in [2.75, 3.05) is 38.8 Å². The molecule has 19 heavy (non-hydrogen) atoms. The smallest absolute Gasteiger partial charge is 0.0637 e. The van der Waals surface area contributed by atoms with Gasteiger partial charge in [-0.05, 0) is 42.6 Å². The van der Waals surface area contributed by atoms with E-state index in [1.165, 1.54) is 16.8 Å². The molecule has 0 saturated carbocycles. The van der Waals surface area contributed by atoms with Gasteiger partial charge in [0.05, 0.1) is 6.61 Å². The first-order valence-electron chi connectivity index (χ1n) is 7.05. The molecule has 1 N–H and O–H groups in total. The minimum atomic E-state index is 0.694. The Morgan fingerprint density at radius 1 is 1.32 bits per heavy atom. The quantitative estimate of drug-likeness (QED) is 0.781. The summed E-state index contributed by atoms with van der Waals surface area (Å²) in [7, 11) is 3.84. The molecule has 0 bridgehead atoms. The molecule has 0 radical (unpaired) electrons. The fourth-order valence-corrected chi connectivity index (χ4v) is 1.97. The Bertz CT molecular complexity index is 377. The summed E-state index contributed by atoms with van der Waals surface area (Å²) in [5, 5.41) is 3.49. The van der Waals surface area contributed by atoms with E-state index in [4.69, 9.17) is 4.74 Å². The number of likely N-dealkylation sites (N-methyl/N-ethyl adjacent to an activating group) is 1. The van der Waals surface area contributed by atoms with Crippen LogP contribution in [0.25, 0.3) is 0 Å². The number of nitrogens with zero attached hydrogens (tertiary/aromatic N) is 1. The number of nitrogens with one attached hydrogen (secondary N) is 1. The first-order chi connectivity index (χ1) is 9.04. The van der Waals surface area contributed by atoms with Crippen molar-refractivity contribution in [1.29, 1.82) is 0 Å². The van der Waals surface area contributed by atoms with Crippen LogP contribution in [0.1, 0.15) is 25.0 Å². The SMILES string of the molecule is COCCN(C)c1ccc(CNCC(C)C)c(C)c1. The molecule has 0 aromatic heterocycles. The van der Waals surface area contributed by atoms with Crippen molar-refractivity contribution < 1.29 is 4.74 Å². The lowest BCUT2D eigenvalue weighted by molar-refractivity contribution is 0.206. The molecule has 0 spiro atoms. The Hall–Kier alpha value is -1.06. The van der Waals surface area contributed by atoms with Gasteiger partial charge >= 0.3 is 0 Å². The maximum absolute atomic E-state index is 5.11. The van der Waals surface area contributed by atoms with Gasteiger partial charge in [-0.2, -0.15) is 0 Å². The first-order valence-corrected chi connectivity index (χ1v) is 7.05. The Morgan fingerprint density at radius 3 is 2.63 bits per heavy atom. The molecule has 1 aromatic carbocycles. The van der Waals surface area contributed by atoms with Gasteiger partial charge in [0.15, 0.2) is 0 Å². The second-order valence-electron chi connectivity index (χ2n) is 5.55. The van der Waals surface area contributed by atoms with Gasteiger partial charge in [0.2, 0.25) is 0 Å². The highest BCUT2D eigenvalue weighted by atomic mass is 16.5. The van der Waals surface area contributed by atoms with Crippen LogP contribution in [-0.4, -0.2) is 33.9 Å². The molecule has 0 aliphatic heterocycles. The Morgan fingerprint density at radius 2 is 2.05 bits per heavy atom. The van der Waals surface area contributed by atoms with Crippen LogP contribution in [0.5, 0.6) is 0 Å².